The van der Waals surface area contributed by atoms with E-state index < -0.39 is 0 Å². The summed E-state index contributed by atoms with van der Waals surface area (Å²) in [5, 5.41) is 6.66. The van der Waals surface area contributed by atoms with Gasteiger partial charge in [0.2, 0.25) is 5.91 Å². The van der Waals surface area contributed by atoms with E-state index in [1.54, 1.807) is 14.2 Å². The van der Waals surface area contributed by atoms with Gasteiger partial charge in [-0.25, -0.2) is 0 Å². The number of likely N-dealkylation sites (tertiary alicyclic amines) is 1. The second kappa shape index (κ2) is 13.3. The Bertz CT molecular complexity index is 634. The van der Waals surface area contributed by atoms with Crippen molar-refractivity contribution >= 4 is 30.7 Å². The number of amides is 1. The molecule has 2 aliphatic rings. The van der Waals surface area contributed by atoms with Crippen LogP contribution >= 0.6 is 24.8 Å². The van der Waals surface area contributed by atoms with Gasteiger partial charge >= 0.3 is 0 Å². The lowest BCUT2D eigenvalue weighted by Crippen LogP contribution is -2.39. The number of benzene rings is 1. The molecule has 6 nitrogen and oxygen atoms in total. The van der Waals surface area contributed by atoms with Crippen molar-refractivity contribution < 1.29 is 14.3 Å². The average molecular weight is 462 g/mol. The van der Waals surface area contributed by atoms with Gasteiger partial charge in [-0.3, -0.25) is 9.69 Å². The standard InChI is InChI=1S/C22H35N3O3.2ClH/c1-16(18-4-7-23-8-5-18)10-22(26)24-19-6-9-25(15-19)14-17-11-20(27-2)13-21(12-17)28-3;;/h11-13,16,18-19,23H,4-10,14-15H2,1-3H3,(H,24,26);2*1H. The average Bonchev–Trinajstić information content (AvgIpc) is 3.14. The SMILES string of the molecule is COc1cc(CN2CCC(NC(=O)CC(C)C3CCNCC3)C2)cc(OC)c1.Cl.Cl. The summed E-state index contributed by atoms with van der Waals surface area (Å²) < 4.78 is 10.7. The van der Waals surface area contributed by atoms with E-state index in [9.17, 15) is 4.79 Å². The van der Waals surface area contributed by atoms with Crippen molar-refractivity contribution in [3.63, 3.8) is 0 Å². The molecule has 0 radical (unpaired) electrons. The Morgan fingerprint density at radius 2 is 1.77 bits per heavy atom. The largest absolute Gasteiger partial charge is 0.497 e. The van der Waals surface area contributed by atoms with Crippen molar-refractivity contribution in [2.24, 2.45) is 11.8 Å². The lowest BCUT2D eigenvalue weighted by molar-refractivity contribution is -0.123. The second-order valence-electron chi connectivity index (χ2n) is 8.28. The molecule has 2 saturated heterocycles. The molecule has 0 saturated carbocycles. The maximum atomic E-state index is 12.5. The molecule has 2 unspecified atom stereocenters. The van der Waals surface area contributed by atoms with Crippen LogP contribution in [0.5, 0.6) is 11.5 Å². The molecule has 2 N–H and O–H groups in total. The van der Waals surface area contributed by atoms with Crippen molar-refractivity contribution in [2.75, 3.05) is 40.4 Å². The van der Waals surface area contributed by atoms with E-state index in [0.29, 0.717) is 18.3 Å². The Morgan fingerprint density at radius 1 is 1.13 bits per heavy atom. The molecule has 2 fully saturated rings. The zero-order valence-electron chi connectivity index (χ0n) is 18.3. The third-order valence-electron chi connectivity index (χ3n) is 6.15. The molecule has 0 aromatic heterocycles. The van der Waals surface area contributed by atoms with Gasteiger partial charge in [0.25, 0.3) is 0 Å². The lowest BCUT2D eigenvalue weighted by Gasteiger charge is -2.28. The lowest BCUT2D eigenvalue weighted by atomic mass is 9.84. The first-order valence-corrected chi connectivity index (χ1v) is 10.5. The van der Waals surface area contributed by atoms with Crippen LogP contribution in [0.3, 0.4) is 0 Å². The molecular formula is C22H37Cl2N3O3. The van der Waals surface area contributed by atoms with Crippen LogP contribution in [0.15, 0.2) is 18.2 Å². The zero-order chi connectivity index (χ0) is 19.9. The molecule has 172 valence electrons. The maximum absolute atomic E-state index is 12.5. The van der Waals surface area contributed by atoms with E-state index in [4.69, 9.17) is 9.47 Å². The highest BCUT2D eigenvalue weighted by Crippen LogP contribution is 2.26. The van der Waals surface area contributed by atoms with Gasteiger partial charge in [0.05, 0.1) is 14.2 Å². The summed E-state index contributed by atoms with van der Waals surface area (Å²) in [6.07, 6.45) is 4.04. The molecule has 1 aromatic rings. The molecule has 2 atom stereocenters. The summed E-state index contributed by atoms with van der Waals surface area (Å²) in [5.74, 6) is 2.97. The molecule has 2 heterocycles. The summed E-state index contributed by atoms with van der Waals surface area (Å²) in [6, 6.07) is 6.24. The summed E-state index contributed by atoms with van der Waals surface area (Å²) in [6.45, 7) is 7.13. The Kier molecular flexibility index (Phi) is 11.9. The summed E-state index contributed by atoms with van der Waals surface area (Å²) >= 11 is 0. The molecule has 3 rings (SSSR count). The molecule has 0 bridgehead atoms. The minimum absolute atomic E-state index is 0. The molecule has 0 aliphatic carbocycles. The predicted molar refractivity (Wildman–Crippen MR) is 125 cm³/mol. The second-order valence-corrected chi connectivity index (χ2v) is 8.28. The van der Waals surface area contributed by atoms with Gasteiger partial charge in [0, 0.05) is 38.2 Å². The first kappa shape index (κ1) is 26.8. The van der Waals surface area contributed by atoms with Gasteiger partial charge < -0.3 is 20.1 Å². The Balaban J connectivity index is 0.00000225. The van der Waals surface area contributed by atoms with Gasteiger partial charge in [0.15, 0.2) is 0 Å². The fraction of sp³-hybridized carbons (Fsp3) is 0.682. The number of nitrogens with zero attached hydrogens (tertiary/aromatic N) is 1. The van der Waals surface area contributed by atoms with E-state index in [-0.39, 0.29) is 36.8 Å². The Hall–Kier alpha value is -1.21. The quantitative estimate of drug-likeness (QED) is 0.621. The normalized spacial score (nSPS) is 20.6. The third kappa shape index (κ3) is 7.80. The van der Waals surface area contributed by atoms with Gasteiger partial charge in [0.1, 0.15) is 11.5 Å². The molecule has 8 heteroatoms. The fourth-order valence-corrected chi connectivity index (χ4v) is 4.47. The number of nitrogens with one attached hydrogen (secondary N) is 2. The fourth-order valence-electron chi connectivity index (χ4n) is 4.47. The first-order valence-electron chi connectivity index (χ1n) is 10.5. The Labute approximate surface area is 193 Å². The number of carbonyl (C=O) groups excluding carboxylic acids is 1. The van der Waals surface area contributed by atoms with Crippen LogP contribution in [-0.4, -0.2) is 57.2 Å². The number of halogens is 2. The Morgan fingerprint density at radius 3 is 2.37 bits per heavy atom. The van der Waals surface area contributed by atoms with E-state index in [1.165, 1.54) is 18.4 Å². The molecule has 1 aromatic carbocycles. The summed E-state index contributed by atoms with van der Waals surface area (Å²) in [4.78, 5) is 14.9. The van der Waals surface area contributed by atoms with Crippen molar-refractivity contribution in [2.45, 2.75) is 45.2 Å². The number of rotatable bonds is 8. The highest BCUT2D eigenvalue weighted by molar-refractivity contribution is 5.85. The molecule has 1 amide bonds. The van der Waals surface area contributed by atoms with E-state index >= 15 is 0 Å². The van der Waals surface area contributed by atoms with Crippen molar-refractivity contribution in [1.29, 1.82) is 0 Å². The first-order chi connectivity index (χ1) is 13.6. The van der Waals surface area contributed by atoms with Crippen LogP contribution in [0.1, 0.15) is 38.2 Å². The van der Waals surface area contributed by atoms with Crippen molar-refractivity contribution in [3.8, 4) is 11.5 Å². The van der Waals surface area contributed by atoms with Gasteiger partial charge in [-0.05, 0) is 61.9 Å². The maximum Gasteiger partial charge on any atom is 0.220 e. The van der Waals surface area contributed by atoms with E-state index in [1.807, 2.05) is 6.07 Å². The minimum Gasteiger partial charge on any atom is -0.497 e. The van der Waals surface area contributed by atoms with Crippen LogP contribution in [0.2, 0.25) is 0 Å². The number of hydrogen-bond donors (Lipinski definition) is 2. The molecule has 30 heavy (non-hydrogen) atoms. The van der Waals surface area contributed by atoms with Gasteiger partial charge in [-0.1, -0.05) is 6.92 Å². The minimum atomic E-state index is 0. The monoisotopic (exact) mass is 461 g/mol. The zero-order valence-corrected chi connectivity index (χ0v) is 19.9. The summed E-state index contributed by atoms with van der Waals surface area (Å²) in [5.41, 5.74) is 1.17. The molecule has 0 spiro atoms. The molecular weight excluding hydrogens is 425 g/mol. The number of methoxy groups -OCH3 is 2. The number of ether oxygens (including phenoxy) is 2. The van der Waals surface area contributed by atoms with Crippen LogP contribution in [0.25, 0.3) is 0 Å². The summed E-state index contributed by atoms with van der Waals surface area (Å²) in [7, 11) is 3.34. The highest BCUT2D eigenvalue weighted by atomic mass is 35.5. The number of hydrogen-bond acceptors (Lipinski definition) is 5. The predicted octanol–water partition coefficient (Wildman–Crippen LogP) is 3.26. The van der Waals surface area contributed by atoms with Crippen molar-refractivity contribution in [1.82, 2.24) is 15.5 Å². The van der Waals surface area contributed by atoms with Crippen LogP contribution in [0.4, 0.5) is 0 Å². The number of carbonyl (C=O) groups is 1. The van der Waals surface area contributed by atoms with Gasteiger partial charge in [-0.15, -0.1) is 24.8 Å². The van der Waals surface area contributed by atoms with Crippen LogP contribution in [-0.2, 0) is 11.3 Å². The third-order valence-corrected chi connectivity index (χ3v) is 6.15. The number of piperidine rings is 1. The highest BCUT2D eigenvalue weighted by Gasteiger charge is 2.26. The van der Waals surface area contributed by atoms with Crippen LogP contribution in [0, 0.1) is 11.8 Å². The van der Waals surface area contributed by atoms with Crippen LogP contribution < -0.4 is 20.1 Å². The van der Waals surface area contributed by atoms with Gasteiger partial charge in [-0.2, -0.15) is 0 Å². The topological polar surface area (TPSA) is 62.8 Å². The van der Waals surface area contributed by atoms with E-state index in [0.717, 1.165) is 50.6 Å². The van der Waals surface area contributed by atoms with Crippen molar-refractivity contribution in [3.05, 3.63) is 23.8 Å². The smallest absolute Gasteiger partial charge is 0.220 e. The molecule has 2 aliphatic heterocycles. The van der Waals surface area contributed by atoms with E-state index in [2.05, 4.69) is 34.6 Å².